The first kappa shape index (κ1) is 32.6. The number of hydrogen-bond acceptors (Lipinski definition) is 9. The summed E-state index contributed by atoms with van der Waals surface area (Å²) in [6.07, 6.45) is -5.45. The highest BCUT2D eigenvalue weighted by Crippen LogP contribution is 2.39. The van der Waals surface area contributed by atoms with E-state index in [-0.39, 0.29) is 31.8 Å². The van der Waals surface area contributed by atoms with E-state index in [1.807, 2.05) is 54.6 Å². The van der Waals surface area contributed by atoms with Crippen molar-refractivity contribution in [1.82, 2.24) is 25.1 Å². The van der Waals surface area contributed by atoms with Gasteiger partial charge in [0.2, 0.25) is 11.1 Å². The molecule has 2 fully saturated rings. The SMILES string of the molecule is O=C(Nc1ccc(C2OC(CSc3nnnn3-c3ccccc3)CC(c3ccc(CO)cc3)O2)cc1)C1CCCN1C(=O)C(F)(F)F. The van der Waals surface area contributed by atoms with Crippen LogP contribution in [0.3, 0.4) is 0 Å². The molecule has 3 heterocycles. The van der Waals surface area contributed by atoms with Crippen molar-refractivity contribution in [2.45, 2.75) is 61.7 Å². The van der Waals surface area contributed by atoms with Gasteiger partial charge < -0.3 is 24.8 Å². The Labute approximate surface area is 272 Å². The molecule has 0 radical (unpaired) electrons. The lowest BCUT2D eigenvalue weighted by Crippen LogP contribution is -2.48. The molecule has 2 saturated heterocycles. The van der Waals surface area contributed by atoms with Crippen LogP contribution < -0.4 is 5.32 Å². The fraction of sp³-hybridized carbons (Fsp3) is 0.344. The van der Waals surface area contributed by atoms with Crippen molar-refractivity contribution in [3.8, 4) is 5.69 Å². The highest BCUT2D eigenvalue weighted by molar-refractivity contribution is 7.99. The Hall–Kier alpha value is -4.31. The number of halogens is 3. The van der Waals surface area contributed by atoms with E-state index < -0.39 is 30.3 Å². The molecule has 2 aliphatic rings. The number of amides is 2. The molecule has 1 aromatic heterocycles. The Balaban J connectivity index is 1.16. The summed E-state index contributed by atoms with van der Waals surface area (Å²) in [6.45, 7) is -0.205. The molecule has 6 rings (SSSR count). The fourth-order valence-corrected chi connectivity index (χ4v) is 6.49. The molecule has 2 amide bonds. The quantitative estimate of drug-likeness (QED) is 0.237. The van der Waals surface area contributed by atoms with E-state index in [1.54, 1.807) is 28.9 Å². The predicted octanol–water partition coefficient (Wildman–Crippen LogP) is 4.98. The number of tetrazole rings is 1. The minimum Gasteiger partial charge on any atom is -0.392 e. The van der Waals surface area contributed by atoms with Gasteiger partial charge in [-0.1, -0.05) is 66.4 Å². The van der Waals surface area contributed by atoms with Gasteiger partial charge in [0.05, 0.1) is 24.5 Å². The molecule has 0 bridgehead atoms. The topological polar surface area (TPSA) is 132 Å². The molecule has 47 heavy (non-hydrogen) atoms. The Morgan fingerprint density at radius 1 is 0.979 bits per heavy atom. The van der Waals surface area contributed by atoms with Gasteiger partial charge in [0, 0.05) is 30.0 Å². The Morgan fingerprint density at radius 3 is 2.40 bits per heavy atom. The Kier molecular flexibility index (Phi) is 9.87. The zero-order valence-electron chi connectivity index (χ0n) is 24.9. The lowest BCUT2D eigenvalue weighted by molar-refractivity contribution is -0.245. The number of hydrogen-bond donors (Lipinski definition) is 2. The number of carbonyl (C=O) groups is 2. The molecule has 246 valence electrons. The highest BCUT2D eigenvalue weighted by Gasteiger charge is 2.47. The van der Waals surface area contributed by atoms with Crippen LogP contribution in [0.25, 0.3) is 5.69 Å². The average Bonchev–Trinajstić information content (AvgIpc) is 3.78. The summed E-state index contributed by atoms with van der Waals surface area (Å²) in [6, 6.07) is 22.5. The maximum atomic E-state index is 13.0. The van der Waals surface area contributed by atoms with Crippen molar-refractivity contribution < 1.29 is 37.3 Å². The lowest BCUT2D eigenvalue weighted by Gasteiger charge is -2.36. The number of carbonyl (C=O) groups excluding carboxylic acids is 2. The van der Waals surface area contributed by atoms with Gasteiger partial charge in [-0.25, -0.2) is 0 Å². The summed E-state index contributed by atoms with van der Waals surface area (Å²) in [5, 5.41) is 24.9. The molecule has 2 N–H and O–H groups in total. The second-order valence-corrected chi connectivity index (χ2v) is 12.1. The first-order valence-corrected chi connectivity index (χ1v) is 15.9. The number of nitrogens with one attached hydrogen (secondary N) is 1. The average molecular weight is 669 g/mol. The molecule has 11 nitrogen and oxygen atoms in total. The number of benzene rings is 3. The van der Waals surface area contributed by atoms with Crippen LogP contribution in [0.15, 0.2) is 84.0 Å². The van der Waals surface area contributed by atoms with Crippen LogP contribution in [-0.2, 0) is 25.7 Å². The second kappa shape index (κ2) is 14.2. The van der Waals surface area contributed by atoms with Crippen molar-refractivity contribution >= 4 is 29.3 Å². The minimum absolute atomic E-state index is 0.0762. The standard InChI is InChI=1S/C32H31F3N6O5S/c33-32(34,35)30(44)40-16-4-7-26(40)28(43)36-23-14-12-22(13-15-23)29-45-25(17-27(46-29)21-10-8-20(18-42)9-11-21)19-47-31-37-38-39-41(31)24-5-2-1-3-6-24/h1-3,5-6,8-15,25-27,29,42H,4,7,16-19H2,(H,36,43). The second-order valence-electron chi connectivity index (χ2n) is 11.1. The van der Waals surface area contributed by atoms with Crippen molar-refractivity contribution in [3.05, 3.63) is 95.6 Å². The maximum Gasteiger partial charge on any atom is 0.471 e. The minimum atomic E-state index is -5.05. The number of aliphatic hydroxyl groups is 1. The summed E-state index contributed by atoms with van der Waals surface area (Å²) in [7, 11) is 0. The number of nitrogens with zero attached hydrogens (tertiary/aromatic N) is 5. The Morgan fingerprint density at radius 2 is 1.70 bits per heavy atom. The van der Waals surface area contributed by atoms with Gasteiger partial charge in [-0.2, -0.15) is 17.9 Å². The van der Waals surface area contributed by atoms with Gasteiger partial charge in [-0.05, 0) is 58.7 Å². The first-order chi connectivity index (χ1) is 22.7. The number of para-hydroxylation sites is 1. The van der Waals surface area contributed by atoms with Crippen LogP contribution in [0.5, 0.6) is 0 Å². The van der Waals surface area contributed by atoms with Gasteiger partial charge in [0.15, 0.2) is 6.29 Å². The number of likely N-dealkylation sites (tertiary alicyclic amines) is 1. The molecule has 15 heteroatoms. The zero-order valence-corrected chi connectivity index (χ0v) is 25.7. The van der Waals surface area contributed by atoms with Gasteiger partial charge >= 0.3 is 12.1 Å². The largest absolute Gasteiger partial charge is 0.471 e. The monoisotopic (exact) mass is 668 g/mol. The van der Waals surface area contributed by atoms with Crippen LogP contribution in [0.2, 0.25) is 0 Å². The molecule has 0 aliphatic carbocycles. The van der Waals surface area contributed by atoms with Gasteiger partial charge in [0.1, 0.15) is 6.04 Å². The Bertz CT molecular complexity index is 1670. The molecule has 3 aromatic carbocycles. The summed E-state index contributed by atoms with van der Waals surface area (Å²) in [4.78, 5) is 25.2. The van der Waals surface area contributed by atoms with Gasteiger partial charge in [0.25, 0.3) is 0 Å². The van der Waals surface area contributed by atoms with Crippen LogP contribution in [0.4, 0.5) is 18.9 Å². The number of aromatic nitrogens is 4. The molecule has 0 spiro atoms. The molecule has 4 atom stereocenters. The van der Waals surface area contributed by atoms with E-state index >= 15 is 0 Å². The number of aliphatic hydroxyl groups excluding tert-OH is 1. The molecule has 4 aromatic rings. The van der Waals surface area contributed by atoms with Crippen LogP contribution in [-0.4, -0.2) is 72.6 Å². The van der Waals surface area contributed by atoms with E-state index in [4.69, 9.17) is 9.47 Å². The highest BCUT2D eigenvalue weighted by atomic mass is 32.2. The molecular weight excluding hydrogens is 637 g/mol. The van der Waals surface area contributed by atoms with Crippen molar-refractivity contribution in [2.75, 3.05) is 17.6 Å². The third kappa shape index (κ3) is 7.64. The lowest BCUT2D eigenvalue weighted by atomic mass is 10.0. The van der Waals surface area contributed by atoms with Gasteiger partial charge in [-0.3, -0.25) is 9.59 Å². The maximum absolute atomic E-state index is 13.0. The third-order valence-electron chi connectivity index (χ3n) is 7.96. The number of thioether (sulfide) groups is 1. The molecule has 2 aliphatic heterocycles. The van der Waals surface area contributed by atoms with E-state index in [0.29, 0.717) is 39.9 Å². The van der Waals surface area contributed by atoms with E-state index in [0.717, 1.165) is 16.8 Å². The zero-order chi connectivity index (χ0) is 33.0. The number of rotatable bonds is 9. The third-order valence-corrected chi connectivity index (χ3v) is 9.02. The number of anilines is 1. The summed E-state index contributed by atoms with van der Waals surface area (Å²) < 4.78 is 53.5. The van der Waals surface area contributed by atoms with Crippen LogP contribution in [0, 0.1) is 0 Å². The van der Waals surface area contributed by atoms with E-state index in [1.165, 1.54) is 11.8 Å². The van der Waals surface area contributed by atoms with Crippen molar-refractivity contribution in [2.24, 2.45) is 0 Å². The van der Waals surface area contributed by atoms with Crippen LogP contribution >= 0.6 is 11.8 Å². The molecule has 0 saturated carbocycles. The number of ether oxygens (including phenoxy) is 2. The fourth-order valence-electron chi connectivity index (χ4n) is 5.58. The van der Waals surface area contributed by atoms with Crippen LogP contribution in [0.1, 0.15) is 48.3 Å². The number of alkyl halides is 3. The van der Waals surface area contributed by atoms with Crippen molar-refractivity contribution in [3.63, 3.8) is 0 Å². The van der Waals surface area contributed by atoms with E-state index in [2.05, 4.69) is 20.8 Å². The summed E-state index contributed by atoms with van der Waals surface area (Å²) >= 11 is 1.45. The van der Waals surface area contributed by atoms with Crippen molar-refractivity contribution in [1.29, 1.82) is 0 Å². The smallest absolute Gasteiger partial charge is 0.392 e. The predicted molar refractivity (Wildman–Crippen MR) is 164 cm³/mol. The van der Waals surface area contributed by atoms with E-state index in [9.17, 15) is 27.9 Å². The summed E-state index contributed by atoms with van der Waals surface area (Å²) in [5.41, 5.74) is 3.54. The molecular formula is C32H31F3N6O5S. The molecule has 4 unspecified atom stereocenters. The normalized spacial score (nSPS) is 21.5. The van der Waals surface area contributed by atoms with Gasteiger partial charge in [-0.15, -0.1) is 5.10 Å². The summed E-state index contributed by atoms with van der Waals surface area (Å²) in [5.74, 6) is -2.18. The first-order valence-electron chi connectivity index (χ1n) is 15.0.